The molecule has 8 nitrogen and oxygen atoms in total. The van der Waals surface area contributed by atoms with E-state index in [1.165, 1.54) is 29.7 Å². The molecule has 0 aromatic carbocycles. The van der Waals surface area contributed by atoms with Crippen LogP contribution in [0.3, 0.4) is 0 Å². The number of hydrazone groups is 1. The van der Waals surface area contributed by atoms with E-state index in [1.807, 2.05) is 11.4 Å². The van der Waals surface area contributed by atoms with Crippen molar-refractivity contribution in [2.75, 3.05) is 0 Å². The summed E-state index contributed by atoms with van der Waals surface area (Å²) in [5.74, 6) is -0.613. The van der Waals surface area contributed by atoms with Gasteiger partial charge in [0.15, 0.2) is 5.76 Å². The van der Waals surface area contributed by atoms with Crippen molar-refractivity contribution in [2.45, 2.75) is 0 Å². The topological polar surface area (TPSA) is 114 Å². The average Bonchev–Trinajstić information content (AvgIpc) is 3.13. The number of thiophene rings is 1. The van der Waals surface area contributed by atoms with E-state index < -0.39 is 10.8 Å². The first-order valence-corrected chi connectivity index (χ1v) is 6.65. The van der Waals surface area contributed by atoms with Gasteiger partial charge in [-0.3, -0.25) is 14.9 Å². The minimum atomic E-state index is -0.651. The van der Waals surface area contributed by atoms with Crippen molar-refractivity contribution < 1.29 is 14.1 Å². The van der Waals surface area contributed by atoms with E-state index in [4.69, 9.17) is 4.42 Å². The Bertz CT molecular complexity index is 816. The van der Waals surface area contributed by atoms with Crippen LogP contribution >= 0.6 is 11.3 Å². The summed E-state index contributed by atoms with van der Waals surface area (Å²) in [7, 11) is 0. The number of furan rings is 1. The summed E-state index contributed by atoms with van der Waals surface area (Å²) in [6, 6.07) is 6.20. The van der Waals surface area contributed by atoms with Crippen LogP contribution < -0.4 is 5.43 Å². The third-order valence-corrected chi connectivity index (χ3v) is 3.50. The monoisotopic (exact) mass is 304 g/mol. The molecule has 0 aliphatic carbocycles. The normalized spacial score (nSPS) is 11.2. The van der Waals surface area contributed by atoms with Crippen molar-refractivity contribution in [3.8, 4) is 0 Å². The molecule has 0 saturated heterocycles. The zero-order chi connectivity index (χ0) is 14.8. The SMILES string of the molecule is O=C(N/N=C\c1ccc([N+](=O)[O-])o1)c1cc2sccc2[nH]1. The number of nitro groups is 1. The lowest BCUT2D eigenvalue weighted by atomic mass is 10.4. The fourth-order valence-corrected chi connectivity index (χ4v) is 2.48. The van der Waals surface area contributed by atoms with Crippen LogP contribution in [0.2, 0.25) is 0 Å². The number of aromatic amines is 1. The minimum absolute atomic E-state index is 0.175. The summed E-state index contributed by atoms with van der Waals surface area (Å²) in [5.41, 5.74) is 3.58. The van der Waals surface area contributed by atoms with Gasteiger partial charge in [-0.05, 0) is 23.6 Å². The highest BCUT2D eigenvalue weighted by molar-refractivity contribution is 7.17. The van der Waals surface area contributed by atoms with Crippen LogP contribution in [0.25, 0.3) is 10.2 Å². The van der Waals surface area contributed by atoms with E-state index in [9.17, 15) is 14.9 Å². The van der Waals surface area contributed by atoms with Gasteiger partial charge in [-0.1, -0.05) is 0 Å². The van der Waals surface area contributed by atoms with Gasteiger partial charge >= 0.3 is 5.88 Å². The molecule has 0 unspecified atom stereocenters. The number of nitrogens with one attached hydrogen (secondary N) is 2. The predicted molar refractivity (Wildman–Crippen MR) is 76.6 cm³/mol. The van der Waals surface area contributed by atoms with E-state index >= 15 is 0 Å². The minimum Gasteiger partial charge on any atom is -0.400 e. The summed E-state index contributed by atoms with van der Waals surface area (Å²) in [6.07, 6.45) is 1.19. The Hall–Kier alpha value is -2.94. The number of hydrogen-bond acceptors (Lipinski definition) is 6. The summed E-state index contributed by atoms with van der Waals surface area (Å²) in [6.45, 7) is 0. The Morgan fingerprint density at radius 1 is 1.48 bits per heavy atom. The van der Waals surface area contributed by atoms with E-state index in [2.05, 4.69) is 15.5 Å². The molecule has 3 heterocycles. The highest BCUT2D eigenvalue weighted by atomic mass is 32.1. The first-order valence-electron chi connectivity index (χ1n) is 5.77. The van der Waals surface area contributed by atoms with Gasteiger partial charge in [0.2, 0.25) is 0 Å². The van der Waals surface area contributed by atoms with E-state index in [0.717, 1.165) is 10.2 Å². The van der Waals surface area contributed by atoms with Gasteiger partial charge in [-0.2, -0.15) is 5.10 Å². The van der Waals surface area contributed by atoms with Gasteiger partial charge in [0.25, 0.3) is 5.91 Å². The number of fused-ring (bicyclic) bond motifs is 1. The fourth-order valence-electron chi connectivity index (χ4n) is 1.70. The summed E-state index contributed by atoms with van der Waals surface area (Å²) in [4.78, 5) is 24.6. The van der Waals surface area contributed by atoms with Gasteiger partial charge in [0.05, 0.1) is 22.5 Å². The van der Waals surface area contributed by atoms with Gasteiger partial charge in [-0.25, -0.2) is 5.43 Å². The Morgan fingerprint density at radius 3 is 3.05 bits per heavy atom. The zero-order valence-corrected chi connectivity index (χ0v) is 11.2. The fraction of sp³-hybridized carbons (Fsp3) is 0. The van der Waals surface area contributed by atoms with Crippen molar-refractivity contribution in [3.05, 3.63) is 51.2 Å². The van der Waals surface area contributed by atoms with Crippen LogP contribution in [0.4, 0.5) is 5.88 Å². The molecule has 3 aromatic rings. The lowest BCUT2D eigenvalue weighted by Gasteiger charge is -1.94. The third kappa shape index (κ3) is 2.67. The van der Waals surface area contributed by atoms with Crippen LogP contribution in [0.5, 0.6) is 0 Å². The largest absolute Gasteiger partial charge is 0.433 e. The zero-order valence-electron chi connectivity index (χ0n) is 10.4. The number of amides is 1. The average molecular weight is 304 g/mol. The third-order valence-electron chi connectivity index (χ3n) is 2.63. The molecular formula is C12H8N4O4S. The molecule has 9 heteroatoms. The standard InChI is InChI=1S/C12H8N4O4S/c17-12(9-5-10-8(14-9)3-4-21-10)15-13-6-7-1-2-11(20-7)16(18)19/h1-6,14H,(H,15,17)/b13-6-. The van der Waals surface area contributed by atoms with Gasteiger partial charge in [0, 0.05) is 0 Å². The molecule has 0 saturated carbocycles. The van der Waals surface area contributed by atoms with Gasteiger partial charge in [-0.15, -0.1) is 11.3 Å². The van der Waals surface area contributed by atoms with Gasteiger partial charge in [0.1, 0.15) is 10.6 Å². The quantitative estimate of drug-likeness (QED) is 0.438. The molecule has 1 amide bonds. The second kappa shape index (κ2) is 5.21. The second-order valence-electron chi connectivity index (χ2n) is 4.01. The molecule has 3 aromatic heterocycles. The van der Waals surface area contributed by atoms with Crippen molar-refractivity contribution in [1.29, 1.82) is 0 Å². The molecule has 2 N–H and O–H groups in total. The highest BCUT2D eigenvalue weighted by Gasteiger charge is 2.11. The van der Waals surface area contributed by atoms with Crippen molar-refractivity contribution in [1.82, 2.24) is 10.4 Å². The van der Waals surface area contributed by atoms with Crippen molar-refractivity contribution in [2.24, 2.45) is 5.10 Å². The molecule has 0 aliphatic rings. The lowest BCUT2D eigenvalue weighted by molar-refractivity contribution is -0.402. The molecule has 21 heavy (non-hydrogen) atoms. The smallest absolute Gasteiger partial charge is 0.400 e. The van der Waals surface area contributed by atoms with E-state index in [-0.39, 0.29) is 11.6 Å². The Labute approximate surface area is 121 Å². The number of nitrogens with zero attached hydrogens (tertiary/aromatic N) is 2. The Balaban J connectivity index is 1.66. The molecule has 106 valence electrons. The summed E-state index contributed by atoms with van der Waals surface area (Å²) < 4.78 is 5.84. The number of carbonyl (C=O) groups excluding carboxylic acids is 1. The first-order chi connectivity index (χ1) is 10.1. The maximum atomic E-state index is 11.8. The van der Waals surface area contributed by atoms with Crippen molar-refractivity contribution >= 4 is 39.6 Å². The van der Waals surface area contributed by atoms with E-state index in [1.54, 1.807) is 6.07 Å². The second-order valence-corrected chi connectivity index (χ2v) is 4.96. The summed E-state index contributed by atoms with van der Waals surface area (Å²) >= 11 is 1.52. The van der Waals surface area contributed by atoms with Crippen LogP contribution in [0.15, 0.2) is 39.2 Å². The molecular weight excluding hydrogens is 296 g/mol. The van der Waals surface area contributed by atoms with Crippen molar-refractivity contribution in [3.63, 3.8) is 0 Å². The number of aromatic nitrogens is 1. The number of hydrogen-bond donors (Lipinski definition) is 2. The Kier molecular flexibility index (Phi) is 3.24. The first kappa shape index (κ1) is 13.1. The van der Waals surface area contributed by atoms with Gasteiger partial charge < -0.3 is 9.40 Å². The van der Waals surface area contributed by atoms with Crippen LogP contribution in [-0.2, 0) is 0 Å². The Morgan fingerprint density at radius 2 is 2.33 bits per heavy atom. The summed E-state index contributed by atoms with van der Waals surface area (Å²) in [5, 5.41) is 16.0. The highest BCUT2D eigenvalue weighted by Crippen LogP contribution is 2.21. The maximum absolute atomic E-state index is 11.8. The molecule has 0 spiro atoms. The molecule has 0 aliphatic heterocycles. The molecule has 0 radical (unpaired) electrons. The van der Waals surface area contributed by atoms with E-state index in [0.29, 0.717) is 5.69 Å². The maximum Gasteiger partial charge on any atom is 0.433 e. The predicted octanol–water partition coefficient (Wildman–Crippen LogP) is 2.49. The molecule has 0 fully saturated rings. The van der Waals surface area contributed by atoms with Crippen LogP contribution in [0.1, 0.15) is 16.2 Å². The number of H-pyrrole nitrogens is 1. The lowest BCUT2D eigenvalue weighted by Crippen LogP contribution is -2.17. The molecule has 0 bridgehead atoms. The molecule has 0 atom stereocenters. The van der Waals surface area contributed by atoms with Crippen LogP contribution in [-0.4, -0.2) is 22.0 Å². The molecule has 3 rings (SSSR count). The van der Waals surface area contributed by atoms with Crippen LogP contribution in [0, 0.1) is 10.1 Å². The number of rotatable bonds is 4. The number of carbonyl (C=O) groups is 1.